The van der Waals surface area contributed by atoms with E-state index in [-0.39, 0.29) is 25.3 Å². The number of aromatic hydroxyl groups is 1. The highest BCUT2D eigenvalue weighted by atomic mass is 32.2. The fourth-order valence-electron chi connectivity index (χ4n) is 3.70. The van der Waals surface area contributed by atoms with Crippen LogP contribution in [0.25, 0.3) is 0 Å². The lowest BCUT2D eigenvalue weighted by Gasteiger charge is -2.08. The highest BCUT2D eigenvalue weighted by Crippen LogP contribution is 2.24. The molecule has 1 N–H and O–H groups in total. The van der Waals surface area contributed by atoms with Crippen molar-refractivity contribution >= 4 is 19.7 Å². The fourth-order valence-corrected chi connectivity index (χ4v) is 6.31. The van der Waals surface area contributed by atoms with Crippen molar-refractivity contribution in [3.8, 4) is 5.75 Å². The zero-order valence-corrected chi connectivity index (χ0v) is 20.0. The van der Waals surface area contributed by atoms with E-state index in [9.17, 15) is 21.9 Å². The van der Waals surface area contributed by atoms with Crippen molar-refractivity contribution in [2.24, 2.45) is 0 Å². The van der Waals surface area contributed by atoms with Gasteiger partial charge in [0.2, 0.25) is 19.7 Å². The monoisotopic (exact) mass is 492 g/mol. The summed E-state index contributed by atoms with van der Waals surface area (Å²) in [6, 6.07) is 27.6. The summed E-state index contributed by atoms with van der Waals surface area (Å²) in [6.07, 6.45) is 2.21. The Kier molecular flexibility index (Phi) is 6.86. The molecule has 0 aliphatic carbocycles. The molecular weight excluding hydrogens is 468 g/mol. The Morgan fingerprint density at radius 3 is 1.65 bits per heavy atom. The minimum absolute atomic E-state index is 0.0124. The Labute approximate surface area is 200 Å². The van der Waals surface area contributed by atoms with Gasteiger partial charge in [0.15, 0.2) is 0 Å². The quantitative estimate of drug-likeness (QED) is 0.364. The van der Waals surface area contributed by atoms with E-state index in [1.807, 2.05) is 18.2 Å². The molecule has 0 amide bonds. The Balaban J connectivity index is 1.41. The van der Waals surface area contributed by atoms with Gasteiger partial charge in [0, 0.05) is 0 Å². The second-order valence-electron chi connectivity index (χ2n) is 7.96. The highest BCUT2D eigenvalue weighted by molar-refractivity contribution is 7.91. The van der Waals surface area contributed by atoms with Crippen LogP contribution >= 0.6 is 0 Å². The average molecular weight is 493 g/mol. The van der Waals surface area contributed by atoms with Crippen LogP contribution in [0.3, 0.4) is 0 Å². The molecule has 34 heavy (non-hydrogen) atoms. The minimum atomic E-state index is -3.67. The molecule has 0 aromatic heterocycles. The Hall–Kier alpha value is -3.42. The van der Waals surface area contributed by atoms with E-state index in [1.165, 1.54) is 24.3 Å². The van der Waals surface area contributed by atoms with Crippen LogP contribution in [0.1, 0.15) is 17.5 Å². The summed E-state index contributed by atoms with van der Waals surface area (Å²) in [4.78, 5) is 0.874. The summed E-state index contributed by atoms with van der Waals surface area (Å²) in [7, 11) is -7.20. The zero-order chi connectivity index (χ0) is 24.2. The molecule has 0 spiro atoms. The molecule has 4 aromatic carbocycles. The lowest BCUT2D eigenvalue weighted by Crippen LogP contribution is -2.03. The summed E-state index contributed by atoms with van der Waals surface area (Å²) in [5.41, 5.74) is 1.92. The van der Waals surface area contributed by atoms with Crippen molar-refractivity contribution < 1.29 is 21.9 Å². The molecule has 0 fully saturated rings. The van der Waals surface area contributed by atoms with Gasteiger partial charge in [-0.3, -0.25) is 0 Å². The van der Waals surface area contributed by atoms with E-state index in [2.05, 4.69) is 0 Å². The standard InChI is InChI=1S/C27H24O5S2/c28-23-14-18-26(19-15-23)34(31,32)27-11-5-8-22(20-27)7-4-6-21-12-16-25(17-13-21)33(29,30)24-9-2-1-3-10-24/h1-3,5,8-20,28H,4,6-7H2. The minimum Gasteiger partial charge on any atom is -0.508 e. The smallest absolute Gasteiger partial charge is 0.206 e. The molecule has 0 bridgehead atoms. The molecule has 0 aliphatic rings. The first-order valence-corrected chi connectivity index (χ1v) is 13.8. The molecule has 0 aliphatic heterocycles. The molecular formula is C27H24O5S2. The molecule has 0 atom stereocenters. The van der Waals surface area contributed by atoms with Crippen LogP contribution in [0.5, 0.6) is 5.75 Å². The summed E-state index contributed by atoms with van der Waals surface area (Å²) in [6.45, 7) is 0. The van der Waals surface area contributed by atoms with Gasteiger partial charge in [-0.1, -0.05) is 42.5 Å². The van der Waals surface area contributed by atoms with E-state index in [0.29, 0.717) is 6.42 Å². The van der Waals surface area contributed by atoms with Gasteiger partial charge in [0.25, 0.3) is 0 Å². The third-order valence-corrected chi connectivity index (χ3v) is 9.13. The van der Waals surface area contributed by atoms with Crippen LogP contribution in [0.4, 0.5) is 0 Å². The SMILES string of the molecule is O=S(=O)(c1ccccc1)c1ccc(CCCc2cccc(S(=O)(=O)c3ccc(O)cc3)c2)cc1. The fraction of sp³-hybridized carbons (Fsp3) is 0.111. The Morgan fingerprint density at radius 1 is 0.500 bits per heavy atom. The van der Waals surface area contributed by atoms with Crippen LogP contribution in [-0.2, 0) is 32.5 Å². The van der Waals surface area contributed by atoms with Crippen LogP contribution in [0.2, 0.25) is 0 Å². The number of hydrogen-bond donors (Lipinski definition) is 1. The molecule has 0 radical (unpaired) electrons. The van der Waals surface area contributed by atoms with E-state index >= 15 is 0 Å². The third kappa shape index (κ3) is 5.21. The number of rotatable bonds is 8. The number of benzene rings is 4. The highest BCUT2D eigenvalue weighted by Gasteiger charge is 2.18. The normalized spacial score (nSPS) is 11.9. The number of hydrogen-bond acceptors (Lipinski definition) is 5. The van der Waals surface area contributed by atoms with Gasteiger partial charge >= 0.3 is 0 Å². The van der Waals surface area contributed by atoms with Gasteiger partial charge in [-0.05, 0) is 91.1 Å². The Bertz CT molecular complexity index is 1480. The van der Waals surface area contributed by atoms with Crippen molar-refractivity contribution in [1.29, 1.82) is 0 Å². The second-order valence-corrected chi connectivity index (χ2v) is 11.9. The number of phenols is 1. The van der Waals surface area contributed by atoms with E-state index in [4.69, 9.17) is 0 Å². The second kappa shape index (κ2) is 9.83. The lowest BCUT2D eigenvalue weighted by atomic mass is 10.0. The molecule has 0 unspecified atom stereocenters. The van der Waals surface area contributed by atoms with Gasteiger partial charge in [0.05, 0.1) is 19.6 Å². The molecule has 4 aromatic rings. The predicted molar refractivity (Wildman–Crippen MR) is 130 cm³/mol. The van der Waals surface area contributed by atoms with Gasteiger partial charge in [-0.2, -0.15) is 0 Å². The maximum Gasteiger partial charge on any atom is 0.206 e. The van der Waals surface area contributed by atoms with Crippen molar-refractivity contribution in [3.63, 3.8) is 0 Å². The number of phenolic OH excluding ortho intramolecular Hbond substituents is 1. The third-order valence-electron chi connectivity index (χ3n) is 5.57. The zero-order valence-electron chi connectivity index (χ0n) is 18.3. The summed E-state index contributed by atoms with van der Waals surface area (Å²) >= 11 is 0. The summed E-state index contributed by atoms with van der Waals surface area (Å²) < 4.78 is 51.2. The first-order valence-electron chi connectivity index (χ1n) is 10.8. The van der Waals surface area contributed by atoms with Crippen LogP contribution in [-0.4, -0.2) is 21.9 Å². The van der Waals surface area contributed by atoms with Gasteiger partial charge in [0.1, 0.15) is 5.75 Å². The van der Waals surface area contributed by atoms with Gasteiger partial charge in [-0.15, -0.1) is 0 Å². The molecule has 5 nitrogen and oxygen atoms in total. The van der Waals surface area contributed by atoms with Crippen LogP contribution < -0.4 is 0 Å². The van der Waals surface area contributed by atoms with E-state index in [1.54, 1.807) is 60.7 Å². The molecule has 0 heterocycles. The van der Waals surface area contributed by atoms with Crippen molar-refractivity contribution in [2.75, 3.05) is 0 Å². The topological polar surface area (TPSA) is 88.5 Å². The van der Waals surface area contributed by atoms with Crippen LogP contribution in [0, 0.1) is 0 Å². The van der Waals surface area contributed by atoms with Crippen molar-refractivity contribution in [1.82, 2.24) is 0 Å². The average Bonchev–Trinajstić information content (AvgIpc) is 2.85. The van der Waals surface area contributed by atoms with E-state index < -0.39 is 19.7 Å². The molecule has 0 saturated carbocycles. The lowest BCUT2D eigenvalue weighted by molar-refractivity contribution is 0.475. The number of aryl methyl sites for hydroxylation is 2. The summed E-state index contributed by atoms with van der Waals surface area (Å²) in [5, 5.41) is 9.41. The largest absolute Gasteiger partial charge is 0.508 e. The van der Waals surface area contributed by atoms with Gasteiger partial charge in [-0.25, -0.2) is 16.8 Å². The van der Waals surface area contributed by atoms with Crippen molar-refractivity contribution in [3.05, 3.63) is 114 Å². The molecule has 7 heteroatoms. The van der Waals surface area contributed by atoms with Crippen LogP contribution in [0.15, 0.2) is 123 Å². The molecule has 0 saturated heterocycles. The molecule has 4 rings (SSSR count). The maximum atomic E-state index is 12.9. The summed E-state index contributed by atoms with van der Waals surface area (Å²) in [5.74, 6) is 0.0124. The van der Waals surface area contributed by atoms with Gasteiger partial charge < -0.3 is 5.11 Å². The molecule has 174 valence electrons. The van der Waals surface area contributed by atoms with E-state index in [0.717, 1.165) is 24.0 Å². The van der Waals surface area contributed by atoms with Crippen molar-refractivity contribution in [2.45, 2.75) is 38.8 Å². The first kappa shape index (κ1) is 23.7. The first-order chi connectivity index (χ1) is 16.3. The Morgan fingerprint density at radius 2 is 1.00 bits per heavy atom. The predicted octanol–water partition coefficient (Wildman–Crippen LogP) is 5.23. The number of sulfone groups is 2. The maximum absolute atomic E-state index is 12.9.